The van der Waals surface area contributed by atoms with Crippen LogP contribution in [-0.4, -0.2) is 17.2 Å². The lowest BCUT2D eigenvalue weighted by atomic mass is 10.3. The van der Waals surface area contributed by atoms with E-state index in [1.54, 1.807) is 7.11 Å². The Morgan fingerprint density at radius 1 is 1.32 bits per heavy atom. The second kappa shape index (κ2) is 6.35. The molecule has 0 aliphatic carbocycles. The smallest absolute Gasteiger partial charge is 0.201 e. The number of benzene rings is 1. The SMILES string of the molecule is COc1ccc(NC(=S)NNc2nc(C)cs2)cc1. The average Bonchev–Trinajstić information content (AvgIpc) is 2.83. The van der Waals surface area contributed by atoms with Crippen molar-refractivity contribution in [2.75, 3.05) is 17.9 Å². The Balaban J connectivity index is 1.83. The molecular weight excluding hydrogens is 280 g/mol. The molecule has 5 nitrogen and oxygen atoms in total. The maximum Gasteiger partial charge on any atom is 0.201 e. The van der Waals surface area contributed by atoms with E-state index in [1.165, 1.54) is 11.3 Å². The highest BCUT2D eigenvalue weighted by molar-refractivity contribution is 7.80. The highest BCUT2D eigenvalue weighted by Crippen LogP contribution is 2.15. The van der Waals surface area contributed by atoms with Crippen LogP contribution in [0, 0.1) is 6.92 Å². The summed E-state index contributed by atoms with van der Waals surface area (Å²) in [6.45, 7) is 1.94. The van der Waals surface area contributed by atoms with Crippen LogP contribution < -0.4 is 20.9 Å². The quantitative estimate of drug-likeness (QED) is 0.595. The molecule has 0 unspecified atom stereocenters. The normalized spacial score (nSPS) is 9.79. The van der Waals surface area contributed by atoms with Crippen molar-refractivity contribution in [3.05, 3.63) is 35.3 Å². The molecule has 2 aromatic rings. The van der Waals surface area contributed by atoms with Crippen molar-refractivity contribution in [3.63, 3.8) is 0 Å². The summed E-state index contributed by atoms with van der Waals surface area (Å²) in [4.78, 5) is 4.25. The molecule has 100 valence electrons. The number of hydrogen-bond donors (Lipinski definition) is 3. The van der Waals surface area contributed by atoms with E-state index in [-0.39, 0.29) is 0 Å². The molecule has 0 atom stereocenters. The lowest BCUT2D eigenvalue weighted by Gasteiger charge is -2.11. The van der Waals surface area contributed by atoms with Crippen molar-refractivity contribution in [1.82, 2.24) is 10.4 Å². The summed E-state index contributed by atoms with van der Waals surface area (Å²) in [5, 5.41) is 6.26. The zero-order chi connectivity index (χ0) is 13.7. The summed E-state index contributed by atoms with van der Waals surface area (Å²) in [7, 11) is 1.63. The molecule has 0 amide bonds. The number of hydrogen-bond acceptors (Lipinski definition) is 5. The number of nitrogens with zero attached hydrogens (tertiary/aromatic N) is 1. The topological polar surface area (TPSA) is 58.2 Å². The fraction of sp³-hybridized carbons (Fsp3) is 0.167. The number of methoxy groups -OCH3 is 1. The average molecular weight is 294 g/mol. The predicted molar refractivity (Wildman–Crippen MR) is 82.8 cm³/mol. The predicted octanol–water partition coefficient (Wildman–Crippen LogP) is 2.77. The molecule has 0 fully saturated rings. The van der Waals surface area contributed by atoms with Gasteiger partial charge in [0.15, 0.2) is 5.11 Å². The van der Waals surface area contributed by atoms with E-state index in [0.717, 1.165) is 22.3 Å². The number of thiocarbonyl (C=S) groups is 1. The maximum atomic E-state index is 5.16. The van der Waals surface area contributed by atoms with Gasteiger partial charge in [-0.05, 0) is 43.4 Å². The van der Waals surface area contributed by atoms with E-state index in [4.69, 9.17) is 17.0 Å². The van der Waals surface area contributed by atoms with Crippen LogP contribution in [0.15, 0.2) is 29.6 Å². The molecule has 0 saturated heterocycles. The number of hydrazine groups is 1. The zero-order valence-electron chi connectivity index (χ0n) is 10.6. The standard InChI is InChI=1S/C12H14N4OS2/c1-8-7-19-12(13-8)16-15-11(18)14-9-3-5-10(17-2)6-4-9/h3-7H,1-2H3,(H,13,16)(H2,14,15,18). The van der Waals surface area contributed by atoms with Crippen LogP contribution in [0.1, 0.15) is 5.69 Å². The maximum absolute atomic E-state index is 5.16. The van der Waals surface area contributed by atoms with E-state index in [0.29, 0.717) is 5.11 Å². The second-order valence-electron chi connectivity index (χ2n) is 3.73. The van der Waals surface area contributed by atoms with Crippen LogP contribution in [0.3, 0.4) is 0 Å². The van der Waals surface area contributed by atoms with Gasteiger partial charge in [-0.25, -0.2) is 4.98 Å². The van der Waals surface area contributed by atoms with Crippen molar-refractivity contribution in [2.45, 2.75) is 6.92 Å². The van der Waals surface area contributed by atoms with Crippen LogP contribution >= 0.6 is 23.6 Å². The van der Waals surface area contributed by atoms with Gasteiger partial charge in [0.1, 0.15) is 5.75 Å². The molecule has 1 heterocycles. The Kier molecular flexibility index (Phi) is 4.53. The largest absolute Gasteiger partial charge is 0.497 e. The summed E-state index contributed by atoms with van der Waals surface area (Å²) in [5.74, 6) is 0.806. The van der Waals surface area contributed by atoms with E-state index >= 15 is 0 Å². The molecule has 1 aromatic heterocycles. The van der Waals surface area contributed by atoms with Gasteiger partial charge >= 0.3 is 0 Å². The number of anilines is 2. The number of ether oxygens (including phenoxy) is 1. The van der Waals surface area contributed by atoms with E-state index in [1.807, 2.05) is 36.6 Å². The molecule has 19 heavy (non-hydrogen) atoms. The highest BCUT2D eigenvalue weighted by atomic mass is 32.1. The molecule has 0 saturated carbocycles. The van der Waals surface area contributed by atoms with Gasteiger partial charge in [0.05, 0.1) is 12.8 Å². The Bertz CT molecular complexity index is 553. The molecule has 0 bridgehead atoms. The van der Waals surface area contributed by atoms with Crippen LogP contribution in [0.25, 0.3) is 0 Å². The summed E-state index contributed by atoms with van der Waals surface area (Å²) >= 11 is 6.68. The van der Waals surface area contributed by atoms with E-state index in [9.17, 15) is 0 Å². The molecule has 3 N–H and O–H groups in total. The van der Waals surface area contributed by atoms with Crippen LogP contribution in [0.5, 0.6) is 5.75 Å². The minimum atomic E-state index is 0.470. The molecule has 0 aliphatic rings. The Morgan fingerprint density at radius 3 is 2.63 bits per heavy atom. The molecule has 1 aromatic carbocycles. The van der Waals surface area contributed by atoms with Crippen molar-refractivity contribution in [2.24, 2.45) is 0 Å². The first kappa shape index (κ1) is 13.6. The van der Waals surface area contributed by atoms with Gasteiger partial charge in [0.2, 0.25) is 5.13 Å². The number of thiazole rings is 1. The van der Waals surface area contributed by atoms with Gasteiger partial charge in [-0.2, -0.15) is 0 Å². The summed E-state index contributed by atoms with van der Waals surface area (Å²) < 4.78 is 5.09. The number of rotatable bonds is 4. The summed E-state index contributed by atoms with van der Waals surface area (Å²) in [6, 6.07) is 7.51. The first-order valence-electron chi connectivity index (χ1n) is 5.56. The third-order valence-electron chi connectivity index (χ3n) is 2.25. The van der Waals surface area contributed by atoms with Gasteiger partial charge < -0.3 is 10.1 Å². The van der Waals surface area contributed by atoms with Gasteiger partial charge in [-0.15, -0.1) is 11.3 Å². The lowest BCUT2D eigenvalue weighted by Crippen LogP contribution is -2.33. The lowest BCUT2D eigenvalue weighted by molar-refractivity contribution is 0.415. The second-order valence-corrected chi connectivity index (χ2v) is 4.99. The number of aryl methyl sites for hydroxylation is 1. The number of nitrogens with one attached hydrogen (secondary N) is 3. The molecular formula is C12H14N4OS2. The fourth-order valence-corrected chi connectivity index (χ4v) is 2.17. The molecule has 2 rings (SSSR count). The van der Waals surface area contributed by atoms with E-state index in [2.05, 4.69) is 21.2 Å². The van der Waals surface area contributed by atoms with Crippen molar-refractivity contribution in [1.29, 1.82) is 0 Å². The van der Waals surface area contributed by atoms with Crippen molar-refractivity contribution < 1.29 is 4.74 Å². The van der Waals surface area contributed by atoms with Gasteiger partial charge in [-0.1, -0.05) is 0 Å². The molecule has 0 spiro atoms. The molecule has 0 aliphatic heterocycles. The van der Waals surface area contributed by atoms with Crippen LogP contribution in [0.2, 0.25) is 0 Å². The minimum absolute atomic E-state index is 0.470. The van der Waals surface area contributed by atoms with E-state index < -0.39 is 0 Å². The Labute approximate surface area is 121 Å². The van der Waals surface area contributed by atoms with Crippen LogP contribution in [0.4, 0.5) is 10.8 Å². The summed E-state index contributed by atoms with van der Waals surface area (Å²) in [5.41, 5.74) is 7.67. The summed E-state index contributed by atoms with van der Waals surface area (Å²) in [6.07, 6.45) is 0. The third-order valence-corrected chi connectivity index (χ3v) is 3.33. The molecule has 7 heteroatoms. The Hall–Kier alpha value is -1.86. The minimum Gasteiger partial charge on any atom is -0.497 e. The first-order chi connectivity index (χ1) is 9.17. The molecule has 0 radical (unpaired) electrons. The van der Waals surface area contributed by atoms with Crippen molar-refractivity contribution >= 4 is 39.5 Å². The first-order valence-corrected chi connectivity index (χ1v) is 6.85. The number of aromatic nitrogens is 1. The van der Waals surface area contributed by atoms with Crippen LogP contribution in [-0.2, 0) is 0 Å². The Morgan fingerprint density at radius 2 is 2.05 bits per heavy atom. The van der Waals surface area contributed by atoms with Gasteiger partial charge in [-0.3, -0.25) is 10.9 Å². The highest BCUT2D eigenvalue weighted by Gasteiger charge is 2.00. The van der Waals surface area contributed by atoms with Gasteiger partial charge in [0, 0.05) is 11.1 Å². The van der Waals surface area contributed by atoms with Crippen molar-refractivity contribution in [3.8, 4) is 5.75 Å². The zero-order valence-corrected chi connectivity index (χ0v) is 12.2. The third kappa shape index (κ3) is 4.08. The fourth-order valence-electron chi connectivity index (χ4n) is 1.36. The monoisotopic (exact) mass is 294 g/mol. The van der Waals surface area contributed by atoms with Gasteiger partial charge in [0.25, 0.3) is 0 Å².